The Morgan fingerprint density at radius 2 is 1.33 bits per heavy atom. The summed E-state index contributed by atoms with van der Waals surface area (Å²) in [6.45, 7) is 8.05. The summed E-state index contributed by atoms with van der Waals surface area (Å²) in [4.78, 5) is 12.6. The summed E-state index contributed by atoms with van der Waals surface area (Å²) >= 11 is 0. The van der Waals surface area contributed by atoms with E-state index in [4.69, 9.17) is 10.5 Å². The molecule has 33 heavy (non-hydrogen) atoms. The van der Waals surface area contributed by atoms with Crippen LogP contribution >= 0.6 is 0 Å². The molecular formula is C27H48N5O. The van der Waals surface area contributed by atoms with Crippen LogP contribution in [0.15, 0.2) is 12.7 Å². The summed E-state index contributed by atoms with van der Waals surface area (Å²) in [5.41, 5.74) is 7.22. The lowest BCUT2D eigenvalue weighted by atomic mass is 10.0. The summed E-state index contributed by atoms with van der Waals surface area (Å²) < 4.78 is 7.78. The molecule has 187 valence electrons. The van der Waals surface area contributed by atoms with Gasteiger partial charge in [-0.15, -0.1) is 0 Å². The van der Waals surface area contributed by atoms with Gasteiger partial charge in [0.25, 0.3) is 0 Å². The van der Waals surface area contributed by atoms with E-state index >= 15 is 0 Å². The van der Waals surface area contributed by atoms with Crippen molar-refractivity contribution in [3.05, 3.63) is 19.6 Å². The largest absolute Gasteiger partial charge is 0.382 e. The van der Waals surface area contributed by atoms with Crippen molar-refractivity contribution in [3.8, 4) is 0 Å². The molecule has 0 aliphatic carbocycles. The predicted octanol–water partition coefficient (Wildman–Crippen LogP) is 7.45. The van der Waals surface area contributed by atoms with Crippen molar-refractivity contribution < 1.29 is 4.74 Å². The van der Waals surface area contributed by atoms with E-state index in [0.29, 0.717) is 17.9 Å². The average molecular weight is 459 g/mol. The zero-order chi connectivity index (χ0) is 23.6. The minimum Gasteiger partial charge on any atom is -0.382 e. The van der Waals surface area contributed by atoms with Crippen molar-refractivity contribution in [1.82, 2.24) is 19.5 Å². The molecule has 2 heterocycles. The minimum absolute atomic E-state index is 0.0232. The van der Waals surface area contributed by atoms with Crippen molar-refractivity contribution >= 4 is 17.0 Å². The molecule has 2 aromatic heterocycles. The zero-order valence-electron chi connectivity index (χ0n) is 21.1. The second kappa shape index (κ2) is 17.7. The van der Waals surface area contributed by atoms with Crippen LogP contribution in [0.25, 0.3) is 11.2 Å². The Morgan fingerprint density at radius 3 is 1.91 bits per heavy atom. The topological polar surface area (TPSA) is 78.9 Å². The van der Waals surface area contributed by atoms with Crippen LogP contribution in [0.2, 0.25) is 0 Å². The monoisotopic (exact) mass is 458 g/mol. The number of anilines is 1. The second-order valence-electron chi connectivity index (χ2n) is 9.44. The molecule has 0 amide bonds. The number of nitrogen functional groups attached to an aromatic ring is 1. The lowest BCUT2D eigenvalue weighted by Crippen LogP contribution is -2.09. The lowest BCUT2D eigenvalue weighted by molar-refractivity contribution is 0.121. The Labute approximate surface area is 202 Å². The number of hydrogen-bond donors (Lipinski definition) is 1. The average Bonchev–Trinajstić information content (AvgIpc) is 3.26. The van der Waals surface area contributed by atoms with E-state index in [2.05, 4.69) is 28.8 Å². The highest BCUT2D eigenvalue weighted by atomic mass is 16.5. The Hall–Kier alpha value is -1.69. The molecule has 6 heteroatoms. The van der Waals surface area contributed by atoms with Crippen molar-refractivity contribution in [2.75, 3.05) is 18.9 Å². The smallest absolute Gasteiger partial charge is 0.165 e. The first kappa shape index (κ1) is 27.6. The summed E-state index contributed by atoms with van der Waals surface area (Å²) in [6.07, 6.45) is 26.3. The van der Waals surface area contributed by atoms with Crippen LogP contribution in [-0.2, 0) is 4.74 Å². The summed E-state index contributed by atoms with van der Waals surface area (Å²) in [7, 11) is 0. The SMILES string of the molecule is [CH2]C(CCOCCCCCCCCCCCCCCCCCC)n1cnc2c(N)ncnc21. The van der Waals surface area contributed by atoms with Crippen molar-refractivity contribution in [3.63, 3.8) is 0 Å². The molecule has 2 N–H and O–H groups in total. The lowest BCUT2D eigenvalue weighted by Gasteiger charge is -2.13. The molecule has 0 aliphatic rings. The molecule has 0 fully saturated rings. The molecule has 1 atom stereocenters. The Morgan fingerprint density at radius 1 is 0.788 bits per heavy atom. The first-order valence-corrected chi connectivity index (χ1v) is 13.6. The minimum atomic E-state index is 0.0232. The Kier molecular flexibility index (Phi) is 14.8. The molecule has 2 aromatic rings. The van der Waals surface area contributed by atoms with Crippen LogP contribution in [0.3, 0.4) is 0 Å². The summed E-state index contributed by atoms with van der Waals surface area (Å²) in [5, 5.41) is 0. The van der Waals surface area contributed by atoms with E-state index in [0.717, 1.165) is 25.1 Å². The summed E-state index contributed by atoms with van der Waals surface area (Å²) in [5.74, 6) is 0.408. The van der Waals surface area contributed by atoms with Gasteiger partial charge in [0.05, 0.1) is 6.33 Å². The maximum Gasteiger partial charge on any atom is 0.165 e. The standard InChI is InChI=1S/C27H48N5O/c1-3-4-5-6-7-8-9-10-11-12-13-14-15-16-17-18-20-33-21-19-24(2)32-23-31-25-26(28)29-22-30-27(25)32/h22-24H,2-21H2,1H3,(H2,28,29,30). The zero-order valence-corrected chi connectivity index (χ0v) is 21.1. The van der Waals surface area contributed by atoms with Crippen LogP contribution in [0.5, 0.6) is 0 Å². The number of aromatic nitrogens is 4. The third-order valence-electron chi connectivity index (χ3n) is 6.52. The van der Waals surface area contributed by atoms with Gasteiger partial charge in [-0.1, -0.05) is 103 Å². The quantitative estimate of drug-likeness (QED) is 0.196. The van der Waals surface area contributed by atoms with Crippen molar-refractivity contribution in [1.29, 1.82) is 0 Å². The Bertz CT molecular complexity index is 732. The molecule has 1 unspecified atom stereocenters. The van der Waals surface area contributed by atoms with Gasteiger partial charge in [-0.2, -0.15) is 0 Å². The van der Waals surface area contributed by atoms with E-state index < -0.39 is 0 Å². The van der Waals surface area contributed by atoms with E-state index in [1.807, 2.05) is 4.57 Å². The highest BCUT2D eigenvalue weighted by molar-refractivity contribution is 5.81. The number of fused-ring (bicyclic) bond motifs is 1. The van der Waals surface area contributed by atoms with Gasteiger partial charge < -0.3 is 15.0 Å². The molecule has 0 saturated heterocycles. The van der Waals surface area contributed by atoms with Crippen LogP contribution in [0.4, 0.5) is 5.82 Å². The van der Waals surface area contributed by atoms with E-state index in [1.54, 1.807) is 6.33 Å². The first-order chi connectivity index (χ1) is 16.2. The van der Waals surface area contributed by atoms with Crippen LogP contribution in [0.1, 0.15) is 122 Å². The molecule has 0 aliphatic heterocycles. The van der Waals surface area contributed by atoms with Gasteiger partial charge >= 0.3 is 0 Å². The highest BCUT2D eigenvalue weighted by Gasteiger charge is 2.12. The van der Waals surface area contributed by atoms with E-state index in [9.17, 15) is 0 Å². The van der Waals surface area contributed by atoms with Gasteiger partial charge in [-0.25, -0.2) is 15.0 Å². The van der Waals surface area contributed by atoms with Gasteiger partial charge in [-0.3, -0.25) is 0 Å². The molecule has 0 aromatic carbocycles. The number of ether oxygens (including phenoxy) is 1. The number of imidazole rings is 1. The first-order valence-electron chi connectivity index (χ1n) is 13.6. The highest BCUT2D eigenvalue weighted by Crippen LogP contribution is 2.20. The number of nitrogens with two attached hydrogens (primary N) is 1. The molecule has 0 spiro atoms. The molecule has 2 rings (SSSR count). The van der Waals surface area contributed by atoms with Crippen LogP contribution < -0.4 is 5.73 Å². The van der Waals surface area contributed by atoms with Crippen LogP contribution in [0, 0.1) is 6.92 Å². The molecule has 1 radical (unpaired) electrons. The van der Waals surface area contributed by atoms with Gasteiger partial charge in [0.1, 0.15) is 11.8 Å². The predicted molar refractivity (Wildman–Crippen MR) is 139 cm³/mol. The summed E-state index contributed by atoms with van der Waals surface area (Å²) in [6, 6.07) is 0.0232. The third-order valence-corrected chi connectivity index (χ3v) is 6.52. The van der Waals surface area contributed by atoms with Crippen molar-refractivity contribution in [2.45, 2.75) is 122 Å². The molecule has 0 bridgehead atoms. The maximum atomic E-state index is 5.85. The van der Waals surface area contributed by atoms with Gasteiger partial charge in [-0.05, 0) is 19.8 Å². The second-order valence-corrected chi connectivity index (χ2v) is 9.44. The fourth-order valence-electron chi connectivity index (χ4n) is 4.35. The number of unbranched alkanes of at least 4 members (excludes halogenated alkanes) is 15. The maximum absolute atomic E-state index is 5.85. The fraction of sp³-hybridized carbons (Fsp3) is 0.778. The van der Waals surface area contributed by atoms with Gasteiger partial charge in [0, 0.05) is 19.3 Å². The van der Waals surface area contributed by atoms with E-state index in [1.165, 1.54) is 103 Å². The molecule has 0 saturated carbocycles. The fourth-order valence-corrected chi connectivity index (χ4v) is 4.35. The Balaban J connectivity index is 1.34. The van der Waals surface area contributed by atoms with Crippen molar-refractivity contribution in [2.24, 2.45) is 0 Å². The molecular weight excluding hydrogens is 410 g/mol. The number of rotatable bonds is 21. The van der Waals surface area contributed by atoms with Gasteiger partial charge in [0.2, 0.25) is 0 Å². The normalized spacial score (nSPS) is 12.5. The third kappa shape index (κ3) is 11.3. The van der Waals surface area contributed by atoms with E-state index in [-0.39, 0.29) is 6.04 Å². The van der Waals surface area contributed by atoms with Crippen LogP contribution in [-0.4, -0.2) is 32.7 Å². The molecule has 6 nitrogen and oxygen atoms in total. The number of nitrogens with zero attached hydrogens (tertiary/aromatic N) is 4. The number of hydrogen-bond acceptors (Lipinski definition) is 5. The van der Waals surface area contributed by atoms with Gasteiger partial charge in [0.15, 0.2) is 11.5 Å².